The zero-order chi connectivity index (χ0) is 12.8. The fourth-order valence-electron chi connectivity index (χ4n) is 1.65. The number of aryl methyl sites for hydroxylation is 1. The lowest BCUT2D eigenvalue weighted by Gasteiger charge is -2.24. The average Bonchev–Trinajstić information content (AvgIpc) is 2.74. The van der Waals surface area contributed by atoms with Crippen molar-refractivity contribution in [1.29, 1.82) is 0 Å². The Morgan fingerprint density at radius 3 is 2.71 bits per heavy atom. The lowest BCUT2D eigenvalue weighted by Crippen LogP contribution is -2.28. The standard InChI is InChI=1S/C13H21NO2S/c1-10-7-8-12(17-10)11(2)14(3)13(16)6-4-5-9-15/h7-8,11,15H,4-6,9H2,1-3H3. The Labute approximate surface area is 107 Å². The molecular weight excluding hydrogens is 234 g/mol. The summed E-state index contributed by atoms with van der Waals surface area (Å²) in [6, 6.07) is 4.30. The third kappa shape index (κ3) is 4.13. The molecule has 1 aromatic heterocycles. The highest BCUT2D eigenvalue weighted by molar-refractivity contribution is 7.12. The topological polar surface area (TPSA) is 40.5 Å². The van der Waals surface area contributed by atoms with Gasteiger partial charge in [0.1, 0.15) is 0 Å². The van der Waals surface area contributed by atoms with Crippen molar-refractivity contribution in [1.82, 2.24) is 4.90 Å². The number of amides is 1. The summed E-state index contributed by atoms with van der Waals surface area (Å²) in [5.41, 5.74) is 0. The molecule has 0 aliphatic carbocycles. The minimum absolute atomic E-state index is 0.135. The Morgan fingerprint density at radius 1 is 1.47 bits per heavy atom. The lowest BCUT2D eigenvalue weighted by atomic mass is 10.2. The van der Waals surface area contributed by atoms with E-state index in [1.165, 1.54) is 9.75 Å². The van der Waals surface area contributed by atoms with Gasteiger partial charge in [0.05, 0.1) is 6.04 Å². The molecule has 0 fully saturated rings. The maximum Gasteiger partial charge on any atom is 0.222 e. The first kappa shape index (κ1) is 14.2. The van der Waals surface area contributed by atoms with Gasteiger partial charge in [0.15, 0.2) is 0 Å². The van der Waals surface area contributed by atoms with Gasteiger partial charge in [-0.25, -0.2) is 0 Å². The maximum atomic E-state index is 11.9. The van der Waals surface area contributed by atoms with Gasteiger partial charge >= 0.3 is 0 Å². The molecule has 4 heteroatoms. The van der Waals surface area contributed by atoms with Crippen molar-refractivity contribution in [3.8, 4) is 0 Å². The van der Waals surface area contributed by atoms with Crippen LogP contribution < -0.4 is 0 Å². The molecule has 1 unspecified atom stereocenters. The van der Waals surface area contributed by atoms with E-state index in [1.807, 2.05) is 7.05 Å². The molecule has 0 aliphatic rings. The Morgan fingerprint density at radius 2 is 2.18 bits per heavy atom. The first-order chi connectivity index (χ1) is 8.06. The second kappa shape index (κ2) is 6.77. The highest BCUT2D eigenvalue weighted by atomic mass is 32.1. The molecule has 17 heavy (non-hydrogen) atoms. The van der Waals surface area contributed by atoms with Crippen LogP contribution in [0, 0.1) is 6.92 Å². The summed E-state index contributed by atoms with van der Waals surface area (Å²) in [7, 11) is 1.85. The molecule has 1 atom stereocenters. The predicted octanol–water partition coefficient (Wildman–Crippen LogP) is 2.74. The molecule has 1 aromatic rings. The van der Waals surface area contributed by atoms with Crippen LogP contribution in [0.1, 0.15) is 42.0 Å². The van der Waals surface area contributed by atoms with E-state index in [-0.39, 0.29) is 18.6 Å². The largest absolute Gasteiger partial charge is 0.396 e. The van der Waals surface area contributed by atoms with Crippen molar-refractivity contribution in [3.05, 3.63) is 21.9 Å². The van der Waals surface area contributed by atoms with Gasteiger partial charge in [-0.05, 0) is 38.8 Å². The number of nitrogens with zero attached hydrogens (tertiary/aromatic N) is 1. The summed E-state index contributed by atoms with van der Waals surface area (Å²) in [4.78, 5) is 16.2. The quantitative estimate of drug-likeness (QED) is 0.794. The van der Waals surface area contributed by atoms with Crippen LogP contribution in [0.2, 0.25) is 0 Å². The molecule has 1 amide bonds. The second-order valence-electron chi connectivity index (χ2n) is 4.31. The molecule has 0 saturated heterocycles. The van der Waals surface area contributed by atoms with E-state index in [2.05, 4.69) is 26.0 Å². The number of thiophene rings is 1. The number of aliphatic hydroxyl groups is 1. The first-order valence-electron chi connectivity index (χ1n) is 5.99. The Balaban J connectivity index is 2.51. The summed E-state index contributed by atoms with van der Waals surface area (Å²) in [5, 5.41) is 8.68. The van der Waals surface area contributed by atoms with Crippen molar-refractivity contribution < 1.29 is 9.90 Å². The molecular formula is C13H21NO2S. The zero-order valence-corrected chi connectivity index (χ0v) is 11.6. The lowest BCUT2D eigenvalue weighted by molar-refractivity contribution is -0.131. The molecule has 0 aliphatic heterocycles. The minimum Gasteiger partial charge on any atom is -0.396 e. The maximum absolute atomic E-state index is 11.9. The third-order valence-corrected chi connectivity index (χ3v) is 4.12. The second-order valence-corrected chi connectivity index (χ2v) is 5.63. The van der Waals surface area contributed by atoms with E-state index in [9.17, 15) is 4.79 Å². The molecule has 0 radical (unpaired) electrons. The number of unbranched alkanes of at least 4 members (excludes halogenated alkanes) is 1. The minimum atomic E-state index is 0.135. The van der Waals surface area contributed by atoms with Gasteiger partial charge in [0.25, 0.3) is 0 Å². The highest BCUT2D eigenvalue weighted by Crippen LogP contribution is 2.26. The van der Waals surface area contributed by atoms with Crippen LogP contribution in [-0.2, 0) is 4.79 Å². The van der Waals surface area contributed by atoms with E-state index < -0.39 is 0 Å². The number of hydrogen-bond donors (Lipinski definition) is 1. The van der Waals surface area contributed by atoms with Gasteiger partial charge in [-0.1, -0.05) is 0 Å². The molecule has 0 saturated carbocycles. The molecule has 3 nitrogen and oxygen atoms in total. The number of carbonyl (C=O) groups is 1. The Bertz CT molecular complexity index is 362. The fourth-order valence-corrected chi connectivity index (χ4v) is 2.62. The highest BCUT2D eigenvalue weighted by Gasteiger charge is 2.17. The molecule has 0 aromatic carbocycles. The van der Waals surface area contributed by atoms with Crippen molar-refractivity contribution in [2.75, 3.05) is 13.7 Å². The molecule has 0 bridgehead atoms. The summed E-state index contributed by atoms with van der Waals surface area (Å²) in [6.07, 6.45) is 1.98. The Hall–Kier alpha value is -0.870. The van der Waals surface area contributed by atoms with Gasteiger partial charge in [-0.2, -0.15) is 0 Å². The van der Waals surface area contributed by atoms with Crippen molar-refractivity contribution in [2.45, 2.75) is 39.2 Å². The predicted molar refractivity (Wildman–Crippen MR) is 71.2 cm³/mol. The number of aliphatic hydroxyl groups excluding tert-OH is 1. The third-order valence-electron chi connectivity index (χ3n) is 2.95. The van der Waals surface area contributed by atoms with Crippen LogP contribution in [0.5, 0.6) is 0 Å². The molecule has 1 heterocycles. The van der Waals surface area contributed by atoms with E-state index in [0.29, 0.717) is 12.8 Å². The summed E-state index contributed by atoms with van der Waals surface area (Å²) in [6.45, 7) is 4.29. The van der Waals surface area contributed by atoms with Gasteiger partial charge in [0.2, 0.25) is 5.91 Å². The average molecular weight is 255 g/mol. The van der Waals surface area contributed by atoms with Gasteiger partial charge < -0.3 is 10.0 Å². The van der Waals surface area contributed by atoms with Crippen molar-refractivity contribution >= 4 is 17.2 Å². The van der Waals surface area contributed by atoms with Crippen molar-refractivity contribution in [3.63, 3.8) is 0 Å². The van der Waals surface area contributed by atoms with Gasteiger partial charge in [-0.15, -0.1) is 11.3 Å². The van der Waals surface area contributed by atoms with E-state index >= 15 is 0 Å². The van der Waals surface area contributed by atoms with Crippen LogP contribution in [-0.4, -0.2) is 29.6 Å². The zero-order valence-electron chi connectivity index (χ0n) is 10.8. The van der Waals surface area contributed by atoms with E-state index in [1.54, 1.807) is 16.2 Å². The number of rotatable bonds is 6. The SMILES string of the molecule is Cc1ccc(C(C)N(C)C(=O)CCCCO)s1. The van der Waals surface area contributed by atoms with E-state index in [4.69, 9.17) is 5.11 Å². The monoisotopic (exact) mass is 255 g/mol. The summed E-state index contributed by atoms with van der Waals surface area (Å²) < 4.78 is 0. The molecule has 96 valence electrons. The van der Waals surface area contributed by atoms with Crippen LogP contribution in [0.25, 0.3) is 0 Å². The number of carbonyl (C=O) groups excluding carboxylic acids is 1. The van der Waals surface area contributed by atoms with Crippen LogP contribution in [0.15, 0.2) is 12.1 Å². The fraction of sp³-hybridized carbons (Fsp3) is 0.615. The van der Waals surface area contributed by atoms with Crippen LogP contribution in [0.4, 0.5) is 0 Å². The summed E-state index contributed by atoms with van der Waals surface area (Å²) in [5.74, 6) is 0.150. The first-order valence-corrected chi connectivity index (χ1v) is 6.80. The smallest absolute Gasteiger partial charge is 0.222 e. The molecule has 1 rings (SSSR count). The normalized spacial score (nSPS) is 12.5. The van der Waals surface area contributed by atoms with E-state index in [0.717, 1.165) is 6.42 Å². The Kier molecular flexibility index (Phi) is 5.65. The van der Waals surface area contributed by atoms with Crippen LogP contribution >= 0.6 is 11.3 Å². The van der Waals surface area contributed by atoms with Gasteiger partial charge in [0, 0.05) is 29.8 Å². The van der Waals surface area contributed by atoms with Gasteiger partial charge in [-0.3, -0.25) is 4.79 Å². The van der Waals surface area contributed by atoms with Crippen molar-refractivity contribution in [2.24, 2.45) is 0 Å². The summed E-state index contributed by atoms with van der Waals surface area (Å²) >= 11 is 1.74. The molecule has 1 N–H and O–H groups in total. The van der Waals surface area contributed by atoms with Crippen LogP contribution in [0.3, 0.4) is 0 Å². The number of hydrogen-bond acceptors (Lipinski definition) is 3. The molecule has 0 spiro atoms.